The van der Waals surface area contributed by atoms with Gasteiger partial charge in [-0.25, -0.2) is 0 Å². The summed E-state index contributed by atoms with van der Waals surface area (Å²) < 4.78 is 2.47. The van der Waals surface area contributed by atoms with Gasteiger partial charge in [-0.3, -0.25) is 0 Å². The lowest BCUT2D eigenvalue weighted by atomic mass is 9.97. The van der Waals surface area contributed by atoms with Gasteiger partial charge in [0.1, 0.15) is 0 Å². The highest BCUT2D eigenvalue weighted by Crippen LogP contribution is 2.42. The maximum Gasteiger partial charge on any atom is 0.0548 e. The van der Waals surface area contributed by atoms with E-state index in [0.29, 0.717) is 0 Å². The van der Waals surface area contributed by atoms with Crippen molar-refractivity contribution in [2.75, 3.05) is 0 Å². The van der Waals surface area contributed by atoms with E-state index in [1.807, 2.05) is 0 Å². The Morgan fingerprint density at radius 3 is 1.49 bits per heavy atom. The first-order chi connectivity index (χ1) is 18.4. The van der Waals surface area contributed by atoms with Crippen molar-refractivity contribution < 1.29 is 0 Å². The van der Waals surface area contributed by atoms with Crippen molar-refractivity contribution in [2.45, 2.75) is 0 Å². The summed E-state index contributed by atoms with van der Waals surface area (Å²) in [6.45, 7) is 0. The molecule has 0 spiro atoms. The van der Waals surface area contributed by atoms with Gasteiger partial charge >= 0.3 is 0 Å². The molecule has 172 valence electrons. The molecule has 0 atom stereocenters. The summed E-state index contributed by atoms with van der Waals surface area (Å²) in [6.07, 6.45) is 0. The Labute approximate surface area is 214 Å². The van der Waals surface area contributed by atoms with Crippen LogP contribution in [0.4, 0.5) is 0 Å². The summed E-state index contributed by atoms with van der Waals surface area (Å²) in [5, 5.41) is 10.3. The highest BCUT2D eigenvalue weighted by Gasteiger charge is 2.19. The van der Waals surface area contributed by atoms with E-state index >= 15 is 0 Å². The predicted octanol–water partition coefficient (Wildman–Crippen LogP) is 9.91. The maximum absolute atomic E-state index is 2.47. The van der Waals surface area contributed by atoms with E-state index in [4.69, 9.17) is 0 Å². The second-order valence-electron chi connectivity index (χ2n) is 9.74. The minimum absolute atomic E-state index is 1.21. The summed E-state index contributed by atoms with van der Waals surface area (Å²) in [5.41, 5.74) is 6.19. The summed E-state index contributed by atoms with van der Waals surface area (Å²) in [5.74, 6) is 0. The second-order valence-corrected chi connectivity index (χ2v) is 9.74. The van der Waals surface area contributed by atoms with Gasteiger partial charge < -0.3 is 4.57 Å². The predicted molar refractivity (Wildman–Crippen MR) is 159 cm³/mol. The molecule has 0 N–H and O–H groups in total. The topological polar surface area (TPSA) is 4.93 Å². The monoisotopic (exact) mass is 469 g/mol. The van der Waals surface area contributed by atoms with E-state index < -0.39 is 0 Å². The van der Waals surface area contributed by atoms with E-state index in [1.54, 1.807) is 0 Å². The van der Waals surface area contributed by atoms with Crippen molar-refractivity contribution in [1.82, 2.24) is 4.57 Å². The highest BCUT2D eigenvalue weighted by atomic mass is 15.0. The molecule has 7 aromatic carbocycles. The summed E-state index contributed by atoms with van der Waals surface area (Å²) in [4.78, 5) is 0. The van der Waals surface area contributed by atoms with Gasteiger partial charge in [0.25, 0.3) is 0 Å². The van der Waals surface area contributed by atoms with Gasteiger partial charge in [0.2, 0.25) is 0 Å². The van der Waals surface area contributed by atoms with E-state index in [2.05, 4.69) is 144 Å². The molecule has 0 aliphatic carbocycles. The number of hydrogen-bond acceptors (Lipinski definition) is 0. The molecule has 0 amide bonds. The van der Waals surface area contributed by atoms with Gasteiger partial charge in [-0.15, -0.1) is 0 Å². The first-order valence-electron chi connectivity index (χ1n) is 12.8. The zero-order valence-electron chi connectivity index (χ0n) is 20.2. The van der Waals surface area contributed by atoms with Gasteiger partial charge in [0, 0.05) is 16.2 Å². The van der Waals surface area contributed by atoms with Gasteiger partial charge in [-0.05, 0) is 56.3 Å². The largest absolute Gasteiger partial charge is 0.309 e. The van der Waals surface area contributed by atoms with Crippen molar-refractivity contribution in [2.24, 2.45) is 0 Å². The van der Waals surface area contributed by atoms with Gasteiger partial charge in [-0.1, -0.05) is 121 Å². The van der Waals surface area contributed by atoms with E-state index in [-0.39, 0.29) is 0 Å². The van der Waals surface area contributed by atoms with Crippen molar-refractivity contribution >= 4 is 54.1 Å². The van der Waals surface area contributed by atoms with Crippen molar-refractivity contribution in [3.63, 3.8) is 0 Å². The molecule has 0 aliphatic heterocycles. The molecule has 8 aromatic rings. The lowest BCUT2D eigenvalue weighted by Gasteiger charge is -2.15. The quantitative estimate of drug-likeness (QED) is 0.237. The molecule has 0 radical (unpaired) electrons. The highest BCUT2D eigenvalue weighted by molar-refractivity contribution is 6.28. The van der Waals surface area contributed by atoms with Crippen LogP contribution in [0.5, 0.6) is 0 Å². The van der Waals surface area contributed by atoms with Crippen LogP contribution in [-0.4, -0.2) is 4.57 Å². The number of hydrogen-bond donors (Lipinski definition) is 0. The Kier molecular flexibility index (Phi) is 4.29. The SMILES string of the molecule is c1ccc(-c2ccc(-n3c4ccc5ccccc5c4c4c5ccccc5ccc43)c3ccccc23)cc1. The van der Waals surface area contributed by atoms with Gasteiger partial charge in [0.15, 0.2) is 0 Å². The molecule has 0 saturated heterocycles. The number of benzene rings is 7. The Morgan fingerprint density at radius 1 is 0.351 bits per heavy atom. The molecule has 0 aliphatic rings. The Hall–Kier alpha value is -4.88. The fourth-order valence-corrected chi connectivity index (χ4v) is 6.16. The van der Waals surface area contributed by atoms with Crippen LogP contribution in [-0.2, 0) is 0 Å². The third kappa shape index (κ3) is 2.92. The van der Waals surface area contributed by atoms with Crippen LogP contribution in [0.3, 0.4) is 0 Å². The van der Waals surface area contributed by atoms with E-state index in [9.17, 15) is 0 Å². The first-order valence-corrected chi connectivity index (χ1v) is 12.8. The van der Waals surface area contributed by atoms with Gasteiger partial charge in [0.05, 0.1) is 16.7 Å². The Balaban J connectivity index is 1.57. The molecule has 0 unspecified atom stereocenters. The molecule has 37 heavy (non-hydrogen) atoms. The maximum atomic E-state index is 2.47. The van der Waals surface area contributed by atoms with Crippen LogP contribution in [0.2, 0.25) is 0 Å². The average Bonchev–Trinajstić information content (AvgIpc) is 3.32. The number of nitrogens with zero attached hydrogens (tertiary/aromatic N) is 1. The van der Waals surface area contributed by atoms with Crippen molar-refractivity contribution in [3.8, 4) is 16.8 Å². The lowest BCUT2D eigenvalue weighted by Crippen LogP contribution is -1.96. The van der Waals surface area contributed by atoms with Crippen molar-refractivity contribution in [3.05, 3.63) is 140 Å². The molecule has 0 fully saturated rings. The van der Waals surface area contributed by atoms with Crippen molar-refractivity contribution in [1.29, 1.82) is 0 Å². The van der Waals surface area contributed by atoms with E-state index in [1.165, 1.54) is 70.9 Å². The summed E-state index contributed by atoms with van der Waals surface area (Å²) in [6, 6.07) is 50.7. The van der Waals surface area contributed by atoms with Crippen LogP contribution in [0.1, 0.15) is 0 Å². The van der Waals surface area contributed by atoms with Crippen LogP contribution in [0.25, 0.3) is 70.9 Å². The standard InChI is InChI=1S/C36H23N/c1-2-10-24(11-3-1)27-20-23-32(31-17-9-8-16-30(27)31)37-33-21-18-25-12-4-6-14-28(25)35(33)36-29-15-7-5-13-26(29)19-22-34(36)37/h1-23H. The lowest BCUT2D eigenvalue weighted by molar-refractivity contribution is 1.20. The summed E-state index contributed by atoms with van der Waals surface area (Å²) in [7, 11) is 0. The fraction of sp³-hybridized carbons (Fsp3) is 0. The number of aromatic nitrogens is 1. The normalized spacial score (nSPS) is 11.8. The summed E-state index contributed by atoms with van der Waals surface area (Å²) >= 11 is 0. The zero-order valence-corrected chi connectivity index (χ0v) is 20.2. The van der Waals surface area contributed by atoms with Crippen LogP contribution >= 0.6 is 0 Å². The molecule has 1 nitrogen and oxygen atoms in total. The zero-order chi connectivity index (χ0) is 24.3. The van der Waals surface area contributed by atoms with Crippen LogP contribution < -0.4 is 0 Å². The first kappa shape index (κ1) is 20.3. The van der Waals surface area contributed by atoms with Crippen LogP contribution in [0, 0.1) is 0 Å². The second kappa shape index (κ2) is 7.81. The molecule has 0 bridgehead atoms. The molecular formula is C36H23N. The number of fused-ring (bicyclic) bond motifs is 8. The fourth-order valence-electron chi connectivity index (χ4n) is 6.16. The molecular weight excluding hydrogens is 446 g/mol. The molecule has 1 heteroatoms. The molecule has 1 aromatic heterocycles. The minimum Gasteiger partial charge on any atom is -0.309 e. The smallest absolute Gasteiger partial charge is 0.0548 e. The molecule has 8 rings (SSSR count). The van der Waals surface area contributed by atoms with Gasteiger partial charge in [-0.2, -0.15) is 0 Å². The third-order valence-electron chi connectivity index (χ3n) is 7.77. The third-order valence-corrected chi connectivity index (χ3v) is 7.77. The van der Waals surface area contributed by atoms with E-state index in [0.717, 1.165) is 0 Å². The number of rotatable bonds is 2. The minimum atomic E-state index is 1.21. The Bertz CT molecular complexity index is 2040. The van der Waals surface area contributed by atoms with Crippen LogP contribution in [0.15, 0.2) is 140 Å². The molecule has 0 saturated carbocycles. The average molecular weight is 470 g/mol. The molecule has 1 heterocycles. The Morgan fingerprint density at radius 2 is 0.865 bits per heavy atom.